The molecule has 0 bridgehead atoms. The van der Waals surface area contributed by atoms with Crippen LogP contribution in [0.1, 0.15) is 5.76 Å². The third-order valence-electron chi connectivity index (χ3n) is 1.93. The van der Waals surface area contributed by atoms with Gasteiger partial charge in [0.15, 0.2) is 5.82 Å². The smallest absolute Gasteiger partial charge is 0.299 e. The largest absolute Gasteiger partial charge is 0.360 e. The molecule has 1 aromatic rings. The van der Waals surface area contributed by atoms with Gasteiger partial charge in [-0.2, -0.15) is 4.99 Å². The van der Waals surface area contributed by atoms with Gasteiger partial charge in [-0.3, -0.25) is 9.59 Å². The first-order valence-electron chi connectivity index (χ1n) is 5.14. The molecule has 0 radical (unpaired) electrons. The third kappa shape index (κ3) is 3.58. The Morgan fingerprint density at radius 2 is 2.32 bits per heavy atom. The maximum atomic E-state index is 11.6. The van der Waals surface area contributed by atoms with Crippen LogP contribution in [0.5, 0.6) is 0 Å². The number of aliphatic imine (C=N–C) groups is 1. The molecule has 0 unspecified atom stereocenters. The summed E-state index contributed by atoms with van der Waals surface area (Å²) in [7, 11) is 0. The number of aryl methyl sites for hydroxylation is 1. The van der Waals surface area contributed by atoms with Gasteiger partial charge in [0.05, 0.1) is 5.75 Å². The molecule has 0 spiro atoms. The zero-order chi connectivity index (χ0) is 13.8. The van der Waals surface area contributed by atoms with E-state index in [0.717, 1.165) is 11.8 Å². The van der Waals surface area contributed by atoms with Crippen molar-refractivity contribution in [3.63, 3.8) is 0 Å². The first-order valence-corrected chi connectivity index (χ1v) is 6.13. The van der Waals surface area contributed by atoms with Crippen molar-refractivity contribution in [3.05, 3.63) is 24.1 Å². The molecule has 9 heteroatoms. The Hall–Kier alpha value is -2.29. The summed E-state index contributed by atoms with van der Waals surface area (Å²) in [5, 5.41) is 13.5. The number of nitrogens with one attached hydrogen (secondary N) is 1. The minimum absolute atomic E-state index is 0.0214. The highest BCUT2D eigenvalue weighted by molar-refractivity contribution is 8.14. The molecular formula is C10H9N5O3S. The minimum atomic E-state index is -0.551. The summed E-state index contributed by atoms with van der Waals surface area (Å²) in [6, 6.07) is 1.59. The van der Waals surface area contributed by atoms with Crippen LogP contribution in [0, 0.1) is 6.92 Å². The maximum absolute atomic E-state index is 11.6. The number of azo groups is 1. The summed E-state index contributed by atoms with van der Waals surface area (Å²) in [5.41, 5.74) is -0.0214. The Bertz CT molecular complexity index is 604. The summed E-state index contributed by atoms with van der Waals surface area (Å²) >= 11 is 0.995. The van der Waals surface area contributed by atoms with E-state index in [4.69, 9.17) is 4.52 Å². The SMILES string of the molecule is C=C1N=NC(SCC(=O)Nc2cc(C)on2)=NC1=O. The van der Waals surface area contributed by atoms with Gasteiger partial charge in [-0.1, -0.05) is 23.5 Å². The fraction of sp³-hybridized carbons (Fsp3) is 0.200. The molecule has 0 saturated heterocycles. The molecule has 98 valence electrons. The van der Waals surface area contributed by atoms with Crippen molar-refractivity contribution < 1.29 is 14.1 Å². The summed E-state index contributed by atoms with van der Waals surface area (Å²) in [5.74, 6) is 0.0964. The second kappa shape index (κ2) is 5.57. The molecule has 1 aliphatic rings. The number of amidine groups is 1. The Morgan fingerprint density at radius 3 is 2.95 bits per heavy atom. The zero-order valence-corrected chi connectivity index (χ0v) is 10.7. The maximum Gasteiger partial charge on any atom is 0.299 e. The molecule has 2 heterocycles. The number of hydrogen-bond acceptors (Lipinski definition) is 7. The second-order valence-electron chi connectivity index (χ2n) is 3.51. The number of nitrogens with zero attached hydrogens (tertiary/aromatic N) is 4. The highest BCUT2D eigenvalue weighted by atomic mass is 32.2. The van der Waals surface area contributed by atoms with E-state index < -0.39 is 5.91 Å². The van der Waals surface area contributed by atoms with Gasteiger partial charge in [-0.25, -0.2) is 0 Å². The first-order chi connectivity index (χ1) is 9.04. The Kier molecular flexibility index (Phi) is 3.85. The van der Waals surface area contributed by atoms with Crippen molar-refractivity contribution in [2.24, 2.45) is 15.2 Å². The predicted molar refractivity (Wildman–Crippen MR) is 68.8 cm³/mol. The van der Waals surface area contributed by atoms with Crippen LogP contribution in [0.15, 0.2) is 38.1 Å². The van der Waals surface area contributed by atoms with Crippen LogP contribution in [-0.4, -0.2) is 27.9 Å². The molecular weight excluding hydrogens is 270 g/mol. The fourth-order valence-corrected chi connectivity index (χ4v) is 1.69. The number of rotatable bonds is 3. The van der Waals surface area contributed by atoms with Gasteiger partial charge in [0.25, 0.3) is 5.91 Å². The fourth-order valence-electron chi connectivity index (χ4n) is 1.12. The van der Waals surface area contributed by atoms with E-state index in [9.17, 15) is 9.59 Å². The lowest BCUT2D eigenvalue weighted by molar-refractivity contribution is -0.115. The van der Waals surface area contributed by atoms with E-state index in [1.165, 1.54) is 0 Å². The van der Waals surface area contributed by atoms with E-state index >= 15 is 0 Å². The summed E-state index contributed by atoms with van der Waals surface area (Å²) < 4.78 is 4.80. The lowest BCUT2D eigenvalue weighted by Crippen LogP contribution is -2.16. The number of carbonyl (C=O) groups is 2. The van der Waals surface area contributed by atoms with Crippen LogP contribution in [0.2, 0.25) is 0 Å². The number of carbonyl (C=O) groups excluding carboxylic acids is 2. The highest BCUT2D eigenvalue weighted by Gasteiger charge is 2.15. The van der Waals surface area contributed by atoms with Crippen molar-refractivity contribution in [3.8, 4) is 0 Å². The van der Waals surface area contributed by atoms with E-state index in [0.29, 0.717) is 11.6 Å². The molecule has 0 fully saturated rings. The summed E-state index contributed by atoms with van der Waals surface area (Å²) in [4.78, 5) is 26.3. The quantitative estimate of drug-likeness (QED) is 0.843. The molecule has 1 N–H and O–H groups in total. The monoisotopic (exact) mass is 279 g/mol. The predicted octanol–water partition coefficient (Wildman–Crippen LogP) is 1.52. The van der Waals surface area contributed by atoms with Gasteiger partial charge in [0, 0.05) is 6.07 Å². The third-order valence-corrected chi connectivity index (χ3v) is 2.77. The van der Waals surface area contributed by atoms with Gasteiger partial charge in [-0.05, 0) is 6.92 Å². The second-order valence-corrected chi connectivity index (χ2v) is 4.45. The van der Waals surface area contributed by atoms with Crippen LogP contribution >= 0.6 is 11.8 Å². The van der Waals surface area contributed by atoms with Crippen molar-refractivity contribution in [2.45, 2.75) is 6.92 Å². The van der Waals surface area contributed by atoms with Crippen molar-refractivity contribution >= 4 is 34.6 Å². The number of anilines is 1. The Morgan fingerprint density at radius 1 is 1.53 bits per heavy atom. The van der Waals surface area contributed by atoms with Crippen LogP contribution in [0.25, 0.3) is 0 Å². The Balaban J connectivity index is 1.84. The minimum Gasteiger partial charge on any atom is -0.360 e. The Labute approximate surface area is 112 Å². The molecule has 2 amide bonds. The molecule has 0 atom stereocenters. The molecule has 0 saturated carbocycles. The van der Waals surface area contributed by atoms with Gasteiger partial charge in [0.1, 0.15) is 11.5 Å². The zero-order valence-electron chi connectivity index (χ0n) is 9.91. The van der Waals surface area contributed by atoms with Crippen molar-refractivity contribution in [1.82, 2.24) is 5.16 Å². The molecule has 0 aromatic carbocycles. The molecule has 1 aromatic heterocycles. The highest BCUT2D eigenvalue weighted by Crippen LogP contribution is 2.15. The van der Waals surface area contributed by atoms with Gasteiger partial charge in [-0.15, -0.1) is 10.2 Å². The van der Waals surface area contributed by atoms with Crippen LogP contribution in [0.3, 0.4) is 0 Å². The normalized spacial score (nSPS) is 14.5. The van der Waals surface area contributed by atoms with Gasteiger partial charge >= 0.3 is 0 Å². The number of hydrogen-bond donors (Lipinski definition) is 1. The van der Waals surface area contributed by atoms with E-state index in [-0.39, 0.29) is 22.5 Å². The summed E-state index contributed by atoms with van der Waals surface area (Å²) in [6.45, 7) is 5.07. The van der Waals surface area contributed by atoms with Crippen LogP contribution < -0.4 is 5.32 Å². The lowest BCUT2D eigenvalue weighted by Gasteiger charge is -2.03. The number of aromatic nitrogens is 1. The average Bonchev–Trinajstić information content (AvgIpc) is 2.76. The molecule has 0 aliphatic carbocycles. The number of amides is 2. The topological polar surface area (TPSA) is 109 Å². The average molecular weight is 279 g/mol. The first kappa shape index (κ1) is 13.1. The standard InChI is InChI=1S/C10H9N5O3S/c1-5-3-7(15-18-5)11-8(16)4-19-10-12-9(17)6(2)13-14-10/h3H,2,4H2,1H3,(H,11,15,16). The molecule has 8 nitrogen and oxygen atoms in total. The van der Waals surface area contributed by atoms with Gasteiger partial charge < -0.3 is 9.84 Å². The van der Waals surface area contributed by atoms with E-state index in [2.05, 4.69) is 32.3 Å². The molecule has 19 heavy (non-hydrogen) atoms. The van der Waals surface area contributed by atoms with E-state index in [1.54, 1.807) is 13.0 Å². The summed E-state index contributed by atoms with van der Waals surface area (Å²) in [6.07, 6.45) is 0. The lowest BCUT2D eigenvalue weighted by atomic mass is 10.5. The number of thioether (sulfide) groups is 1. The van der Waals surface area contributed by atoms with Crippen molar-refractivity contribution in [1.29, 1.82) is 0 Å². The molecule has 2 rings (SSSR count). The van der Waals surface area contributed by atoms with Gasteiger partial charge in [0.2, 0.25) is 11.1 Å². The van der Waals surface area contributed by atoms with Crippen molar-refractivity contribution in [2.75, 3.05) is 11.1 Å². The van der Waals surface area contributed by atoms with Crippen LogP contribution in [0.4, 0.5) is 5.82 Å². The molecule has 1 aliphatic heterocycles. The van der Waals surface area contributed by atoms with E-state index in [1.807, 2.05) is 0 Å². The van der Waals surface area contributed by atoms with Crippen LogP contribution in [-0.2, 0) is 9.59 Å².